The molecule has 2 N–H and O–H groups in total. The highest BCUT2D eigenvalue weighted by Crippen LogP contribution is 2.71. The van der Waals surface area contributed by atoms with Gasteiger partial charge in [-0.25, -0.2) is 4.79 Å². The summed E-state index contributed by atoms with van der Waals surface area (Å²) in [6.07, 6.45) is 4.03. The van der Waals surface area contributed by atoms with Crippen LogP contribution in [0.4, 0.5) is 0 Å². The second kappa shape index (κ2) is 3.49. The molecule has 5 atom stereocenters. The minimum atomic E-state index is -0.403. The van der Waals surface area contributed by atoms with E-state index in [1.807, 2.05) is 0 Å². The van der Waals surface area contributed by atoms with E-state index in [0.717, 1.165) is 12.0 Å². The molecule has 4 rings (SSSR count). The zero-order chi connectivity index (χ0) is 13.4. The molecule has 0 aromatic heterocycles. The summed E-state index contributed by atoms with van der Waals surface area (Å²) in [6.45, 7) is 2.19. The first-order valence-electron chi connectivity index (χ1n) is 6.99. The van der Waals surface area contributed by atoms with Gasteiger partial charge in [-0.1, -0.05) is 6.92 Å². The van der Waals surface area contributed by atoms with Gasteiger partial charge in [-0.2, -0.15) is 0 Å². The standard InChI is InChI=1S/C15H18O4/c1-15-4-13-8(10(6-17)14(18)19-13)3-12(15)9(5-16)7-2-11(7)15/h4,7,9,11-12,16-17H,2-3,5-6H2,1H3/t7-,9+,11-,12+,15+/m1/s1. The number of aliphatic hydroxyl groups is 2. The lowest BCUT2D eigenvalue weighted by Crippen LogP contribution is -2.33. The lowest BCUT2D eigenvalue weighted by atomic mass is 9.66. The number of allylic oxidation sites excluding steroid dienone is 2. The zero-order valence-corrected chi connectivity index (χ0v) is 10.9. The molecule has 1 heterocycles. The molecule has 4 nitrogen and oxygen atoms in total. The summed E-state index contributed by atoms with van der Waals surface area (Å²) < 4.78 is 5.30. The molecule has 19 heavy (non-hydrogen) atoms. The third-order valence-electron chi connectivity index (χ3n) is 5.85. The van der Waals surface area contributed by atoms with Crippen LogP contribution in [0, 0.1) is 29.1 Å². The van der Waals surface area contributed by atoms with Crippen LogP contribution in [0.15, 0.2) is 23.0 Å². The summed E-state index contributed by atoms with van der Waals surface area (Å²) in [7, 11) is 0. The summed E-state index contributed by atoms with van der Waals surface area (Å²) in [5.41, 5.74) is 1.32. The molecule has 4 aliphatic rings. The van der Waals surface area contributed by atoms with E-state index in [2.05, 4.69) is 13.0 Å². The third kappa shape index (κ3) is 1.29. The highest BCUT2D eigenvalue weighted by atomic mass is 16.5. The van der Waals surface area contributed by atoms with Crippen molar-refractivity contribution in [3.05, 3.63) is 23.0 Å². The van der Waals surface area contributed by atoms with Crippen LogP contribution < -0.4 is 0 Å². The Hall–Kier alpha value is -1.13. The van der Waals surface area contributed by atoms with E-state index in [1.165, 1.54) is 6.42 Å². The fourth-order valence-electron chi connectivity index (χ4n) is 4.78. The minimum absolute atomic E-state index is 0.0437. The normalized spacial score (nSPS) is 46.5. The Morgan fingerprint density at radius 2 is 2.21 bits per heavy atom. The van der Waals surface area contributed by atoms with Gasteiger partial charge in [0, 0.05) is 12.2 Å². The van der Waals surface area contributed by atoms with Crippen LogP contribution in [0.3, 0.4) is 0 Å². The zero-order valence-electron chi connectivity index (χ0n) is 10.9. The minimum Gasteiger partial charge on any atom is -0.423 e. The topological polar surface area (TPSA) is 66.8 Å². The number of esters is 1. The van der Waals surface area contributed by atoms with Crippen molar-refractivity contribution in [2.75, 3.05) is 13.2 Å². The van der Waals surface area contributed by atoms with Crippen molar-refractivity contribution >= 4 is 5.97 Å². The molecule has 0 bridgehead atoms. The van der Waals surface area contributed by atoms with Crippen molar-refractivity contribution in [2.45, 2.75) is 19.8 Å². The van der Waals surface area contributed by atoms with Gasteiger partial charge < -0.3 is 14.9 Å². The number of rotatable bonds is 2. The van der Waals surface area contributed by atoms with E-state index in [0.29, 0.717) is 35.0 Å². The van der Waals surface area contributed by atoms with Gasteiger partial charge in [0.25, 0.3) is 0 Å². The molecule has 0 saturated heterocycles. The van der Waals surface area contributed by atoms with Crippen LogP contribution in [0.5, 0.6) is 0 Å². The van der Waals surface area contributed by atoms with E-state index < -0.39 is 5.97 Å². The van der Waals surface area contributed by atoms with E-state index >= 15 is 0 Å². The predicted octanol–water partition coefficient (Wildman–Crippen LogP) is 1.00. The SMILES string of the molecule is C[C@@]12C=C3OC(=O)C(CO)=C3C[C@H]1[C@@H](CO)[C@H]1C[C@H]12. The summed E-state index contributed by atoms with van der Waals surface area (Å²) in [6, 6.07) is 0. The summed E-state index contributed by atoms with van der Waals surface area (Å²) in [5, 5.41) is 19.0. The molecule has 0 spiro atoms. The molecule has 102 valence electrons. The molecule has 0 unspecified atom stereocenters. The maximum absolute atomic E-state index is 11.7. The van der Waals surface area contributed by atoms with Crippen molar-refractivity contribution < 1.29 is 19.7 Å². The molecule has 3 aliphatic carbocycles. The van der Waals surface area contributed by atoms with Gasteiger partial charge in [-0.15, -0.1) is 0 Å². The van der Waals surface area contributed by atoms with Gasteiger partial charge in [0.15, 0.2) is 0 Å². The maximum Gasteiger partial charge on any atom is 0.342 e. The number of carbonyl (C=O) groups is 1. The van der Waals surface area contributed by atoms with Crippen molar-refractivity contribution in [2.24, 2.45) is 29.1 Å². The Bertz CT molecular complexity index is 532. The number of ether oxygens (including phenoxy) is 1. The highest BCUT2D eigenvalue weighted by molar-refractivity contribution is 5.95. The molecule has 2 saturated carbocycles. The van der Waals surface area contributed by atoms with Gasteiger partial charge in [-0.05, 0) is 48.0 Å². The Balaban J connectivity index is 1.81. The fourth-order valence-corrected chi connectivity index (χ4v) is 4.78. The Labute approximate surface area is 111 Å². The highest BCUT2D eigenvalue weighted by Gasteiger charge is 2.66. The summed E-state index contributed by atoms with van der Waals surface area (Å²) in [5.74, 6) is 2.22. The molecule has 1 aliphatic heterocycles. The average molecular weight is 262 g/mol. The van der Waals surface area contributed by atoms with Gasteiger partial charge in [0.1, 0.15) is 5.76 Å². The van der Waals surface area contributed by atoms with Crippen LogP contribution in [0.25, 0.3) is 0 Å². The Morgan fingerprint density at radius 1 is 1.42 bits per heavy atom. The first kappa shape index (κ1) is 11.7. The lowest BCUT2D eigenvalue weighted by molar-refractivity contribution is -0.133. The molecule has 0 aromatic carbocycles. The molecule has 4 heteroatoms. The fraction of sp³-hybridized carbons (Fsp3) is 0.667. The summed E-state index contributed by atoms with van der Waals surface area (Å²) in [4.78, 5) is 11.7. The second-order valence-electron chi connectivity index (χ2n) is 6.54. The lowest BCUT2D eigenvalue weighted by Gasteiger charge is -2.38. The summed E-state index contributed by atoms with van der Waals surface area (Å²) >= 11 is 0. The average Bonchev–Trinajstić information content (AvgIpc) is 3.05. The van der Waals surface area contributed by atoms with E-state index in [-0.39, 0.29) is 18.6 Å². The van der Waals surface area contributed by atoms with E-state index in [1.54, 1.807) is 0 Å². The first-order valence-corrected chi connectivity index (χ1v) is 6.99. The monoisotopic (exact) mass is 262 g/mol. The second-order valence-corrected chi connectivity index (χ2v) is 6.54. The van der Waals surface area contributed by atoms with Crippen LogP contribution >= 0.6 is 0 Å². The third-order valence-corrected chi connectivity index (χ3v) is 5.85. The van der Waals surface area contributed by atoms with Crippen molar-refractivity contribution in [1.82, 2.24) is 0 Å². The van der Waals surface area contributed by atoms with E-state index in [4.69, 9.17) is 4.74 Å². The molecule has 0 amide bonds. The molecule has 2 fully saturated rings. The van der Waals surface area contributed by atoms with Gasteiger partial charge >= 0.3 is 5.97 Å². The number of fused-ring (bicyclic) bond motifs is 4. The van der Waals surface area contributed by atoms with Gasteiger partial charge in [0.05, 0.1) is 12.2 Å². The first-order chi connectivity index (χ1) is 9.10. The van der Waals surface area contributed by atoms with Gasteiger partial charge in [-0.3, -0.25) is 0 Å². The van der Waals surface area contributed by atoms with Crippen molar-refractivity contribution in [1.29, 1.82) is 0 Å². The van der Waals surface area contributed by atoms with Crippen LogP contribution in [-0.4, -0.2) is 29.4 Å². The maximum atomic E-state index is 11.7. The van der Waals surface area contributed by atoms with E-state index in [9.17, 15) is 15.0 Å². The van der Waals surface area contributed by atoms with Crippen LogP contribution in [0.2, 0.25) is 0 Å². The van der Waals surface area contributed by atoms with Crippen molar-refractivity contribution in [3.8, 4) is 0 Å². The number of hydrogen-bond acceptors (Lipinski definition) is 4. The van der Waals surface area contributed by atoms with Crippen LogP contribution in [0.1, 0.15) is 19.8 Å². The Morgan fingerprint density at radius 3 is 2.89 bits per heavy atom. The van der Waals surface area contributed by atoms with Gasteiger partial charge in [0.2, 0.25) is 0 Å². The number of aliphatic hydroxyl groups excluding tert-OH is 2. The van der Waals surface area contributed by atoms with Crippen LogP contribution in [-0.2, 0) is 9.53 Å². The molecular weight excluding hydrogens is 244 g/mol. The van der Waals surface area contributed by atoms with Crippen molar-refractivity contribution in [3.63, 3.8) is 0 Å². The number of carbonyl (C=O) groups excluding carboxylic acids is 1. The quantitative estimate of drug-likeness (QED) is 0.729. The Kier molecular flexibility index (Phi) is 2.15. The number of hydrogen-bond donors (Lipinski definition) is 2. The molecule has 0 aromatic rings. The predicted molar refractivity (Wildman–Crippen MR) is 66.7 cm³/mol. The smallest absolute Gasteiger partial charge is 0.342 e. The molecule has 0 radical (unpaired) electrons. The largest absolute Gasteiger partial charge is 0.423 e. The molecular formula is C15H18O4.